The van der Waals surface area contributed by atoms with Gasteiger partial charge in [-0.2, -0.15) is 0 Å². The Morgan fingerprint density at radius 1 is 0.618 bits per heavy atom. The van der Waals surface area contributed by atoms with Crippen LogP contribution in [0.3, 0.4) is 0 Å². The highest BCUT2D eigenvalue weighted by Gasteiger charge is 2.27. The fourth-order valence-corrected chi connectivity index (χ4v) is 7.98. The van der Waals surface area contributed by atoms with Crippen LogP contribution < -0.4 is 10.7 Å². The Bertz CT molecular complexity index is 1620. The zero-order valence-electron chi connectivity index (χ0n) is 21.5. The second-order valence-electron chi connectivity index (χ2n) is 10.1. The zero-order valence-corrected chi connectivity index (χ0v) is 22.9. The first-order valence-electron chi connectivity index (χ1n) is 12.3. The number of hydrogen-bond acceptors (Lipinski definition) is 2. The molecule has 0 amide bonds. The normalized spacial score (nSPS) is 18.1. The molecule has 0 aromatic carbocycles. The molecule has 2 aromatic rings. The lowest BCUT2D eigenvalue weighted by Gasteiger charge is -2.14. The highest BCUT2D eigenvalue weighted by molar-refractivity contribution is 6.35. The van der Waals surface area contributed by atoms with Gasteiger partial charge in [0.25, 0.3) is 0 Å². The molecule has 2 aromatic heterocycles. The number of aromatic nitrogens is 2. The standard InChI is InChI=1S/C29H30N4.Al.H/c1-9-21-20(8)28-12-26-17(5)16(4)24(31-26)10-22-14(2)15(3)23(30-22)11-25-18(6)19(7)27(32-25)13-29(21)33-28;;/h10-13H,9H2,1-8H3;;/q-2;+2;. The van der Waals surface area contributed by atoms with Crippen LogP contribution in [0, 0.1) is 20.8 Å². The van der Waals surface area contributed by atoms with E-state index in [0.29, 0.717) is 0 Å². The highest BCUT2D eigenvalue weighted by Crippen LogP contribution is 2.34. The van der Waals surface area contributed by atoms with Crippen LogP contribution in [0.1, 0.15) is 68.3 Å². The van der Waals surface area contributed by atoms with Crippen LogP contribution in [0.15, 0.2) is 43.7 Å². The number of nitrogens with zero attached hydrogens (tertiary/aromatic N) is 4. The van der Waals surface area contributed by atoms with E-state index in [1.54, 1.807) is 0 Å². The second-order valence-corrected chi connectivity index (χ2v) is 11.6. The third kappa shape index (κ3) is 2.78. The first kappa shape index (κ1) is 21.7. The van der Waals surface area contributed by atoms with Crippen molar-refractivity contribution in [3.05, 3.63) is 78.0 Å². The van der Waals surface area contributed by atoms with Crippen LogP contribution in [0.25, 0.3) is 24.3 Å². The van der Waals surface area contributed by atoms with Gasteiger partial charge in [0.2, 0.25) is 0 Å². The van der Waals surface area contributed by atoms with Gasteiger partial charge in [-0.1, -0.05) is 6.92 Å². The molecule has 0 saturated carbocycles. The minimum atomic E-state index is -0.923. The molecule has 5 heteroatoms. The smallest absolute Gasteiger partial charge is 0.418 e. The van der Waals surface area contributed by atoms with Gasteiger partial charge in [0.05, 0.1) is 22.8 Å². The van der Waals surface area contributed by atoms with Gasteiger partial charge < -0.3 is 7.10 Å². The van der Waals surface area contributed by atoms with Crippen molar-refractivity contribution in [1.29, 1.82) is 0 Å². The van der Waals surface area contributed by atoms with E-state index in [1.165, 1.54) is 66.6 Å². The van der Waals surface area contributed by atoms with Crippen LogP contribution in [-0.2, 0) is 6.42 Å². The number of fused-ring (bicyclic) bond motifs is 2. The summed E-state index contributed by atoms with van der Waals surface area (Å²) >= 11 is -0.923. The highest BCUT2D eigenvalue weighted by atomic mass is 27.1. The number of allylic oxidation sites excluding steroid dienone is 4. The topological polar surface area (TPSA) is 34.6 Å². The van der Waals surface area contributed by atoms with Crippen molar-refractivity contribution < 1.29 is 0 Å². The van der Waals surface area contributed by atoms with Gasteiger partial charge in [0.1, 0.15) is 0 Å². The molecule has 0 atom stereocenters. The van der Waals surface area contributed by atoms with Crippen molar-refractivity contribution >= 4 is 51.4 Å². The molecule has 34 heavy (non-hydrogen) atoms. The molecular formula is C29H31AlN4. The summed E-state index contributed by atoms with van der Waals surface area (Å²) in [6.45, 7) is 17.9. The maximum absolute atomic E-state index is 5.13. The Morgan fingerprint density at radius 2 is 1.12 bits per heavy atom. The van der Waals surface area contributed by atoms with Crippen molar-refractivity contribution in [2.75, 3.05) is 0 Å². The number of rotatable bonds is 1. The largest absolute Gasteiger partial charge is 0.558 e. The van der Waals surface area contributed by atoms with Crippen LogP contribution in [-0.4, -0.2) is 34.2 Å². The van der Waals surface area contributed by atoms with Crippen molar-refractivity contribution in [3.8, 4) is 0 Å². The molecule has 0 spiro atoms. The van der Waals surface area contributed by atoms with Gasteiger partial charge >= 0.3 is 15.7 Å². The van der Waals surface area contributed by atoms with E-state index < -0.39 is 15.7 Å². The SMILES string of the molecule is CCc1c(C)c2[n]3c1C=C1N=C(C=c4c(C)c(C)c([n]4[AlH]3)=CC3=NC(=C2)C(C)=C3C)C(C)=C1C. The summed E-state index contributed by atoms with van der Waals surface area (Å²) in [4.78, 5) is 10.3. The molecule has 170 valence electrons. The molecule has 0 aliphatic carbocycles. The van der Waals surface area contributed by atoms with Crippen molar-refractivity contribution in [2.24, 2.45) is 9.98 Å². The predicted octanol–water partition coefficient (Wildman–Crippen LogP) is 4.29. The van der Waals surface area contributed by atoms with E-state index in [-0.39, 0.29) is 0 Å². The summed E-state index contributed by atoms with van der Waals surface area (Å²) in [6.07, 6.45) is 10.3. The lowest BCUT2D eigenvalue weighted by molar-refractivity contribution is 1.02. The van der Waals surface area contributed by atoms with Crippen LogP contribution in [0.2, 0.25) is 0 Å². The van der Waals surface area contributed by atoms with E-state index in [1.807, 2.05) is 0 Å². The predicted molar refractivity (Wildman–Crippen MR) is 146 cm³/mol. The third-order valence-electron chi connectivity index (χ3n) is 8.51. The van der Waals surface area contributed by atoms with E-state index in [0.717, 1.165) is 29.2 Å². The Labute approximate surface area is 208 Å². The second kappa shape index (κ2) is 7.31. The third-order valence-corrected chi connectivity index (χ3v) is 10.4. The van der Waals surface area contributed by atoms with Crippen LogP contribution in [0.4, 0.5) is 0 Å². The molecule has 6 bridgehead atoms. The van der Waals surface area contributed by atoms with Crippen LogP contribution >= 0.6 is 0 Å². The fraction of sp³-hybridized carbons (Fsp3) is 0.310. The molecule has 0 saturated heterocycles. The monoisotopic (exact) mass is 462 g/mol. The van der Waals surface area contributed by atoms with Gasteiger partial charge in [0, 0.05) is 22.1 Å². The summed E-state index contributed by atoms with van der Waals surface area (Å²) in [5.74, 6) is 0. The number of hydrogen-bond donors (Lipinski definition) is 0. The Kier molecular flexibility index (Phi) is 4.66. The molecule has 0 fully saturated rings. The fourth-order valence-electron chi connectivity index (χ4n) is 5.82. The van der Waals surface area contributed by atoms with Gasteiger partial charge in [-0.25, -0.2) is 9.98 Å². The molecule has 0 radical (unpaired) electrons. The summed E-state index contributed by atoms with van der Waals surface area (Å²) in [6, 6.07) is 0. The lowest BCUT2D eigenvalue weighted by Crippen LogP contribution is -2.38. The molecule has 4 aliphatic rings. The summed E-state index contributed by atoms with van der Waals surface area (Å²) < 4.78 is 5.24. The average molecular weight is 463 g/mol. The summed E-state index contributed by atoms with van der Waals surface area (Å²) in [5.41, 5.74) is 17.7. The quantitative estimate of drug-likeness (QED) is 0.567. The molecular weight excluding hydrogens is 431 g/mol. The molecule has 4 aliphatic heterocycles. The van der Waals surface area contributed by atoms with Gasteiger partial charge in [-0.05, 0) is 124 Å². The molecule has 4 nitrogen and oxygen atoms in total. The molecule has 6 heterocycles. The molecule has 0 unspecified atom stereocenters. The maximum Gasteiger partial charge on any atom is 0.558 e. The van der Waals surface area contributed by atoms with Gasteiger partial charge in [-0.3, -0.25) is 0 Å². The van der Waals surface area contributed by atoms with Crippen LogP contribution in [0.5, 0.6) is 0 Å². The van der Waals surface area contributed by atoms with Gasteiger partial charge in [-0.15, -0.1) is 0 Å². The summed E-state index contributed by atoms with van der Waals surface area (Å²) in [5, 5.41) is 2.60. The summed E-state index contributed by atoms with van der Waals surface area (Å²) in [7, 11) is 0. The van der Waals surface area contributed by atoms with E-state index in [2.05, 4.69) is 86.8 Å². The van der Waals surface area contributed by atoms with E-state index in [9.17, 15) is 0 Å². The van der Waals surface area contributed by atoms with Crippen molar-refractivity contribution in [3.63, 3.8) is 0 Å². The number of aliphatic imine (C=N–C) groups is 2. The Hall–Kier alpha value is -2.87. The van der Waals surface area contributed by atoms with Crippen molar-refractivity contribution in [1.82, 2.24) is 7.10 Å². The minimum Gasteiger partial charge on any atom is -0.418 e. The maximum atomic E-state index is 5.13. The Balaban J connectivity index is 1.87. The first-order valence-corrected chi connectivity index (χ1v) is 13.6. The first-order chi connectivity index (χ1) is 16.2. The Morgan fingerprint density at radius 3 is 1.62 bits per heavy atom. The molecule has 0 N–H and O–H groups in total. The van der Waals surface area contributed by atoms with E-state index in [4.69, 9.17) is 9.98 Å². The molecule has 6 rings (SSSR count). The van der Waals surface area contributed by atoms with E-state index >= 15 is 0 Å². The average Bonchev–Trinajstić information content (AvgIpc) is 3.40. The minimum absolute atomic E-state index is 0.923. The lowest BCUT2D eigenvalue weighted by atomic mass is 10.0. The van der Waals surface area contributed by atoms with Crippen molar-refractivity contribution in [2.45, 2.75) is 61.8 Å². The zero-order chi connectivity index (χ0) is 24.0. The van der Waals surface area contributed by atoms with Gasteiger partial charge in [0.15, 0.2) is 0 Å².